The summed E-state index contributed by atoms with van der Waals surface area (Å²) in [6.07, 6.45) is 1.66. The lowest BCUT2D eigenvalue weighted by Crippen LogP contribution is -2.26. The fourth-order valence-electron chi connectivity index (χ4n) is 1.48. The minimum absolute atomic E-state index is 0.00609. The number of carbonyl (C=O) groups excluding carboxylic acids is 1. The molecule has 0 spiro atoms. The molecular formula is C11H20N4O3. The number of nitrogens with one attached hydrogen (secondary N) is 1. The van der Waals surface area contributed by atoms with Crippen molar-refractivity contribution in [3.05, 3.63) is 12.2 Å². The topological polar surface area (TPSA) is 78.3 Å². The van der Waals surface area contributed by atoms with Gasteiger partial charge in [0.2, 0.25) is 0 Å². The molecule has 1 rings (SSSR count). The Kier molecular flexibility index (Phi) is 6.31. The van der Waals surface area contributed by atoms with E-state index in [1.807, 2.05) is 18.5 Å². The van der Waals surface area contributed by atoms with Crippen molar-refractivity contribution in [1.82, 2.24) is 20.1 Å². The van der Waals surface area contributed by atoms with Crippen molar-refractivity contribution in [3.63, 3.8) is 0 Å². The highest BCUT2D eigenvalue weighted by atomic mass is 16.6. The SMILES string of the molecule is CCOC(=O)COCCNC(C)c1nncn1C. The molecule has 0 amide bonds. The summed E-state index contributed by atoms with van der Waals surface area (Å²) in [5.74, 6) is 0.527. The Morgan fingerprint density at radius 2 is 2.39 bits per heavy atom. The second-order valence-electron chi connectivity index (χ2n) is 3.83. The quantitative estimate of drug-likeness (QED) is 0.523. The lowest BCUT2D eigenvalue weighted by molar-refractivity contribution is -0.148. The summed E-state index contributed by atoms with van der Waals surface area (Å²) in [5, 5.41) is 11.0. The van der Waals surface area contributed by atoms with Gasteiger partial charge in [0.05, 0.1) is 19.3 Å². The molecule has 1 aromatic rings. The van der Waals surface area contributed by atoms with Crippen molar-refractivity contribution in [2.24, 2.45) is 7.05 Å². The van der Waals surface area contributed by atoms with E-state index < -0.39 is 0 Å². The van der Waals surface area contributed by atoms with Crippen LogP contribution in [0.3, 0.4) is 0 Å². The minimum Gasteiger partial charge on any atom is -0.464 e. The maximum atomic E-state index is 11.0. The van der Waals surface area contributed by atoms with Gasteiger partial charge in [-0.15, -0.1) is 10.2 Å². The molecule has 0 fully saturated rings. The number of nitrogens with zero attached hydrogens (tertiary/aromatic N) is 3. The van der Waals surface area contributed by atoms with Crippen molar-refractivity contribution in [3.8, 4) is 0 Å². The highest BCUT2D eigenvalue weighted by Gasteiger charge is 2.10. The second kappa shape index (κ2) is 7.78. The zero-order chi connectivity index (χ0) is 13.4. The summed E-state index contributed by atoms with van der Waals surface area (Å²) in [6, 6.07) is 0.0868. The van der Waals surface area contributed by atoms with Crippen LogP contribution in [0.2, 0.25) is 0 Å². The highest BCUT2D eigenvalue weighted by molar-refractivity contribution is 5.70. The smallest absolute Gasteiger partial charge is 0.332 e. The Morgan fingerprint density at radius 1 is 1.61 bits per heavy atom. The molecule has 0 aromatic carbocycles. The van der Waals surface area contributed by atoms with E-state index in [-0.39, 0.29) is 18.6 Å². The first kappa shape index (κ1) is 14.6. The summed E-state index contributed by atoms with van der Waals surface area (Å²) in [5.41, 5.74) is 0. The third kappa shape index (κ3) is 4.80. The molecule has 102 valence electrons. The van der Waals surface area contributed by atoms with Gasteiger partial charge in [-0.1, -0.05) is 0 Å². The van der Waals surface area contributed by atoms with Crippen LogP contribution in [-0.4, -0.2) is 47.1 Å². The molecule has 0 saturated heterocycles. The normalized spacial score (nSPS) is 12.4. The van der Waals surface area contributed by atoms with E-state index in [2.05, 4.69) is 15.5 Å². The van der Waals surface area contributed by atoms with Crippen LogP contribution in [-0.2, 0) is 21.3 Å². The monoisotopic (exact) mass is 256 g/mol. The number of hydrogen-bond donors (Lipinski definition) is 1. The number of aryl methyl sites for hydroxylation is 1. The van der Waals surface area contributed by atoms with Crippen LogP contribution in [0.25, 0.3) is 0 Å². The van der Waals surface area contributed by atoms with Crippen LogP contribution in [0.1, 0.15) is 25.7 Å². The average molecular weight is 256 g/mol. The Hall–Kier alpha value is -1.47. The first-order valence-corrected chi connectivity index (χ1v) is 5.95. The second-order valence-corrected chi connectivity index (χ2v) is 3.83. The molecule has 1 aromatic heterocycles. The van der Waals surface area contributed by atoms with Gasteiger partial charge in [0, 0.05) is 13.6 Å². The van der Waals surface area contributed by atoms with Crippen LogP contribution in [0, 0.1) is 0 Å². The van der Waals surface area contributed by atoms with Crippen LogP contribution in [0.4, 0.5) is 0 Å². The van der Waals surface area contributed by atoms with Crippen LogP contribution in [0.5, 0.6) is 0 Å². The molecule has 1 N–H and O–H groups in total. The van der Waals surface area contributed by atoms with Gasteiger partial charge in [0.1, 0.15) is 18.8 Å². The molecule has 0 radical (unpaired) electrons. The summed E-state index contributed by atoms with van der Waals surface area (Å²) >= 11 is 0. The number of hydrogen-bond acceptors (Lipinski definition) is 6. The third-order valence-electron chi connectivity index (χ3n) is 2.36. The maximum Gasteiger partial charge on any atom is 0.332 e. The molecule has 0 bridgehead atoms. The van der Waals surface area contributed by atoms with Crippen molar-refractivity contribution in [2.45, 2.75) is 19.9 Å². The summed E-state index contributed by atoms with van der Waals surface area (Å²) in [4.78, 5) is 11.0. The fraction of sp³-hybridized carbons (Fsp3) is 0.727. The van der Waals surface area contributed by atoms with Crippen molar-refractivity contribution in [2.75, 3.05) is 26.4 Å². The zero-order valence-electron chi connectivity index (χ0n) is 11.0. The van der Waals surface area contributed by atoms with Gasteiger partial charge >= 0.3 is 5.97 Å². The molecular weight excluding hydrogens is 236 g/mol. The molecule has 0 aliphatic carbocycles. The maximum absolute atomic E-state index is 11.0. The lowest BCUT2D eigenvalue weighted by atomic mass is 10.3. The Bertz CT molecular complexity index is 367. The van der Waals surface area contributed by atoms with E-state index >= 15 is 0 Å². The number of aromatic nitrogens is 3. The first-order valence-electron chi connectivity index (χ1n) is 5.95. The van der Waals surface area contributed by atoms with Crippen LogP contribution < -0.4 is 5.32 Å². The predicted octanol–water partition coefficient (Wildman–Crippen LogP) is 0.0454. The first-order chi connectivity index (χ1) is 8.65. The number of carbonyl (C=O) groups is 1. The molecule has 0 aliphatic rings. The van der Waals surface area contributed by atoms with Gasteiger partial charge in [-0.2, -0.15) is 0 Å². The number of esters is 1. The fourth-order valence-corrected chi connectivity index (χ4v) is 1.48. The summed E-state index contributed by atoms with van der Waals surface area (Å²) in [7, 11) is 1.89. The largest absolute Gasteiger partial charge is 0.464 e. The van der Waals surface area contributed by atoms with Crippen LogP contribution in [0.15, 0.2) is 6.33 Å². The zero-order valence-corrected chi connectivity index (χ0v) is 11.0. The van der Waals surface area contributed by atoms with Crippen molar-refractivity contribution in [1.29, 1.82) is 0 Å². The minimum atomic E-state index is -0.334. The standard InChI is InChI=1S/C11H20N4O3/c1-4-18-10(16)7-17-6-5-12-9(2)11-14-13-8-15(11)3/h8-9,12H,4-7H2,1-3H3. The highest BCUT2D eigenvalue weighted by Crippen LogP contribution is 2.05. The summed E-state index contributed by atoms with van der Waals surface area (Å²) in [6.45, 7) is 5.21. The molecule has 18 heavy (non-hydrogen) atoms. The van der Waals surface area contributed by atoms with E-state index in [9.17, 15) is 4.79 Å². The van der Waals surface area contributed by atoms with E-state index in [0.717, 1.165) is 5.82 Å². The van der Waals surface area contributed by atoms with Gasteiger partial charge in [0.15, 0.2) is 0 Å². The van der Waals surface area contributed by atoms with E-state index in [0.29, 0.717) is 19.8 Å². The molecule has 1 atom stereocenters. The molecule has 0 aliphatic heterocycles. The Morgan fingerprint density at radius 3 is 3.00 bits per heavy atom. The van der Waals surface area contributed by atoms with Crippen molar-refractivity contribution < 1.29 is 14.3 Å². The third-order valence-corrected chi connectivity index (χ3v) is 2.36. The van der Waals surface area contributed by atoms with Gasteiger partial charge in [-0.25, -0.2) is 4.79 Å². The van der Waals surface area contributed by atoms with Crippen molar-refractivity contribution >= 4 is 5.97 Å². The van der Waals surface area contributed by atoms with Gasteiger partial charge in [-0.05, 0) is 13.8 Å². The predicted molar refractivity (Wildman–Crippen MR) is 64.9 cm³/mol. The Labute approximate surface area is 106 Å². The molecule has 0 saturated carbocycles. The molecule has 7 heteroatoms. The lowest BCUT2D eigenvalue weighted by Gasteiger charge is -2.12. The van der Waals surface area contributed by atoms with E-state index in [1.165, 1.54) is 0 Å². The number of ether oxygens (including phenoxy) is 2. The van der Waals surface area contributed by atoms with Gasteiger partial charge in [0.25, 0.3) is 0 Å². The van der Waals surface area contributed by atoms with Gasteiger partial charge < -0.3 is 19.4 Å². The molecule has 7 nitrogen and oxygen atoms in total. The van der Waals surface area contributed by atoms with Crippen LogP contribution >= 0.6 is 0 Å². The average Bonchev–Trinajstić information content (AvgIpc) is 2.75. The molecule has 1 unspecified atom stereocenters. The van der Waals surface area contributed by atoms with E-state index in [4.69, 9.17) is 9.47 Å². The van der Waals surface area contributed by atoms with Gasteiger partial charge in [-0.3, -0.25) is 0 Å². The number of rotatable bonds is 8. The molecule has 1 heterocycles. The van der Waals surface area contributed by atoms with E-state index in [1.54, 1.807) is 13.3 Å². The summed E-state index contributed by atoms with van der Waals surface area (Å²) < 4.78 is 11.8. The Balaban J connectivity index is 2.11.